The third-order valence-electron chi connectivity index (χ3n) is 16.3. The molecule has 0 radical (unpaired) electrons. The number of allylic oxidation sites excluding steroid dienone is 8. The van der Waals surface area contributed by atoms with E-state index in [4.69, 9.17) is 28.4 Å². The van der Waals surface area contributed by atoms with Gasteiger partial charge in [-0.1, -0.05) is 249 Å². The average Bonchev–Trinajstić information content (AvgIpc) is 3.67. The van der Waals surface area contributed by atoms with Crippen LogP contribution in [0.25, 0.3) is 0 Å². The van der Waals surface area contributed by atoms with Crippen LogP contribution in [-0.4, -0.2) is 142 Å². The van der Waals surface area contributed by atoms with Crippen LogP contribution in [0.2, 0.25) is 0 Å². The predicted octanol–water partition coefficient (Wildman–Crippen LogP) is 14.2. The molecule has 2 heterocycles. The fraction of sp³-hybridized carbons (Fsp3) is 0.870. The number of aliphatic hydroxyl groups is 7. The molecule has 0 spiro atoms. The van der Waals surface area contributed by atoms with Crippen LogP contribution in [0.15, 0.2) is 48.6 Å². The third kappa shape index (κ3) is 40.9. The van der Waals surface area contributed by atoms with Gasteiger partial charge in [-0.25, -0.2) is 0 Å². The van der Waals surface area contributed by atoms with Gasteiger partial charge in [-0.2, -0.15) is 0 Å². The third-order valence-corrected chi connectivity index (χ3v) is 16.3. The van der Waals surface area contributed by atoms with Gasteiger partial charge in [0.15, 0.2) is 12.6 Å². The number of carbonyl (C=O) groups is 1. The van der Waals surface area contributed by atoms with Gasteiger partial charge >= 0.3 is 5.97 Å². The van der Waals surface area contributed by atoms with Crippen molar-refractivity contribution in [3.63, 3.8) is 0 Å². The van der Waals surface area contributed by atoms with Crippen molar-refractivity contribution in [1.29, 1.82) is 0 Å². The maximum Gasteiger partial charge on any atom is 0.306 e. The fourth-order valence-electron chi connectivity index (χ4n) is 10.8. The molecule has 2 saturated heterocycles. The van der Waals surface area contributed by atoms with E-state index in [9.17, 15) is 40.5 Å². The van der Waals surface area contributed by atoms with E-state index in [1.165, 1.54) is 199 Å². The molecule has 0 aromatic heterocycles. The summed E-state index contributed by atoms with van der Waals surface area (Å²) in [5.74, 6) is -0.374. The summed E-state index contributed by atoms with van der Waals surface area (Å²) < 4.78 is 34.5. The van der Waals surface area contributed by atoms with Gasteiger partial charge < -0.3 is 64.2 Å². The molecule has 486 valence electrons. The van der Waals surface area contributed by atoms with Crippen LogP contribution < -0.4 is 0 Å². The minimum absolute atomic E-state index is 0.0588. The molecule has 2 rings (SSSR count). The van der Waals surface area contributed by atoms with E-state index < -0.39 is 80.7 Å². The van der Waals surface area contributed by atoms with Gasteiger partial charge in [-0.15, -0.1) is 0 Å². The Morgan fingerprint density at radius 2 is 0.747 bits per heavy atom. The van der Waals surface area contributed by atoms with E-state index in [0.29, 0.717) is 13.0 Å². The largest absolute Gasteiger partial charge is 0.457 e. The van der Waals surface area contributed by atoms with Crippen LogP contribution >= 0.6 is 0 Å². The van der Waals surface area contributed by atoms with Gasteiger partial charge in [0.2, 0.25) is 0 Å². The predicted molar refractivity (Wildman–Crippen MR) is 335 cm³/mol. The number of rotatable bonds is 57. The first-order valence-corrected chi connectivity index (χ1v) is 34.2. The Morgan fingerprint density at radius 1 is 0.398 bits per heavy atom. The summed E-state index contributed by atoms with van der Waals surface area (Å²) >= 11 is 0. The standard InChI is InChI=1S/C69H126O14/c1-3-5-7-9-11-13-15-17-19-21-23-25-27-29-30-32-34-36-38-40-42-44-46-48-50-52-61(71)81-58(56-79-68-67(77)65(75)63(73)60(83-68)57-80-69-66(76)64(74)62(72)59(54-70)82-69)55-78-53-51-49-47-45-43-41-39-37-35-33-31-28-26-24-22-20-18-16-14-12-10-8-6-4-2/h16,18,21-24,28,31,58-60,62-70,72-77H,3-15,17,19-20,25-27,29-30,32-57H2,1-2H3/b18-16-,23-21-,24-22-,31-28-. The number of carbonyl (C=O) groups excluding carboxylic acids is 1. The van der Waals surface area contributed by atoms with Crippen molar-refractivity contribution in [1.82, 2.24) is 0 Å². The molecule has 11 atom stereocenters. The number of ether oxygens (including phenoxy) is 6. The second kappa shape index (κ2) is 55.3. The fourth-order valence-corrected chi connectivity index (χ4v) is 10.8. The molecule has 0 aliphatic carbocycles. The molecule has 14 heteroatoms. The van der Waals surface area contributed by atoms with Crippen molar-refractivity contribution in [3.8, 4) is 0 Å². The number of hydrogen-bond acceptors (Lipinski definition) is 14. The van der Waals surface area contributed by atoms with Crippen molar-refractivity contribution in [2.75, 3.05) is 33.0 Å². The lowest BCUT2D eigenvalue weighted by Crippen LogP contribution is -2.61. The first-order valence-electron chi connectivity index (χ1n) is 34.2. The van der Waals surface area contributed by atoms with Crippen LogP contribution in [0.1, 0.15) is 284 Å². The topological polar surface area (TPSA) is 214 Å². The molecular formula is C69H126O14. The van der Waals surface area contributed by atoms with Gasteiger partial charge in [0.05, 0.1) is 26.4 Å². The summed E-state index contributed by atoms with van der Waals surface area (Å²) in [6, 6.07) is 0. The molecule has 0 bridgehead atoms. The Hall–Kier alpha value is -2.05. The number of aliphatic hydroxyl groups excluding tert-OH is 7. The Kier molecular flexibility index (Phi) is 51.3. The first-order chi connectivity index (χ1) is 40.6. The van der Waals surface area contributed by atoms with Crippen LogP contribution in [0.5, 0.6) is 0 Å². The number of esters is 1. The molecule has 14 nitrogen and oxygen atoms in total. The second-order valence-corrected chi connectivity index (χ2v) is 24.0. The Morgan fingerprint density at radius 3 is 1.18 bits per heavy atom. The highest BCUT2D eigenvalue weighted by Crippen LogP contribution is 2.27. The van der Waals surface area contributed by atoms with Crippen molar-refractivity contribution in [3.05, 3.63) is 48.6 Å². The molecule has 0 aromatic carbocycles. The second-order valence-electron chi connectivity index (χ2n) is 24.0. The molecule has 2 fully saturated rings. The van der Waals surface area contributed by atoms with Crippen molar-refractivity contribution in [2.24, 2.45) is 0 Å². The molecule has 0 saturated carbocycles. The zero-order valence-corrected chi connectivity index (χ0v) is 52.7. The summed E-state index contributed by atoms with van der Waals surface area (Å²) in [5.41, 5.74) is 0. The molecule has 2 aliphatic heterocycles. The summed E-state index contributed by atoms with van der Waals surface area (Å²) in [6.07, 6.45) is 53.2. The van der Waals surface area contributed by atoms with Crippen LogP contribution in [0, 0.1) is 0 Å². The lowest BCUT2D eigenvalue weighted by atomic mass is 9.98. The minimum atomic E-state index is -1.71. The maximum absolute atomic E-state index is 13.1. The molecule has 2 aliphatic rings. The van der Waals surface area contributed by atoms with E-state index in [1.54, 1.807) is 0 Å². The van der Waals surface area contributed by atoms with E-state index in [1.807, 2.05) is 0 Å². The molecule has 0 aromatic rings. The summed E-state index contributed by atoms with van der Waals surface area (Å²) in [7, 11) is 0. The lowest BCUT2D eigenvalue weighted by molar-refractivity contribution is -0.332. The zero-order chi connectivity index (χ0) is 60.1. The van der Waals surface area contributed by atoms with Crippen molar-refractivity contribution < 1.29 is 69.0 Å². The SMILES string of the molecule is CCCCCCC/C=C\C/C=C\C/C=C\CCCCCCCCCCCOCC(COC1OC(COC2OC(CO)C(O)C(O)C2O)C(O)C(O)C1O)OC(=O)CCCCCCCCCCCCCCC/C=C\CCCCCCCCCC. The van der Waals surface area contributed by atoms with Gasteiger partial charge in [-0.05, 0) is 77.0 Å². The van der Waals surface area contributed by atoms with Gasteiger partial charge in [-0.3, -0.25) is 4.79 Å². The number of unbranched alkanes of at least 4 members (excludes halogenated alkanes) is 35. The monoisotopic (exact) mass is 1180 g/mol. The Balaban J connectivity index is 1.65. The number of hydrogen-bond donors (Lipinski definition) is 7. The average molecular weight is 1180 g/mol. The summed E-state index contributed by atoms with van der Waals surface area (Å²) in [4.78, 5) is 13.1. The van der Waals surface area contributed by atoms with Crippen molar-refractivity contribution >= 4 is 5.97 Å². The van der Waals surface area contributed by atoms with Crippen LogP contribution in [0.4, 0.5) is 0 Å². The van der Waals surface area contributed by atoms with E-state index in [2.05, 4.69) is 62.5 Å². The quantitative estimate of drug-likeness (QED) is 0.0171. The van der Waals surface area contributed by atoms with E-state index >= 15 is 0 Å². The molecule has 11 unspecified atom stereocenters. The minimum Gasteiger partial charge on any atom is -0.457 e. The van der Waals surface area contributed by atoms with Crippen molar-refractivity contribution in [2.45, 2.75) is 351 Å². The highest BCUT2D eigenvalue weighted by Gasteiger charge is 2.47. The highest BCUT2D eigenvalue weighted by atomic mass is 16.7. The molecule has 0 amide bonds. The van der Waals surface area contributed by atoms with Crippen LogP contribution in [-0.2, 0) is 33.2 Å². The Bertz CT molecular complexity index is 1560. The highest BCUT2D eigenvalue weighted by molar-refractivity contribution is 5.69. The van der Waals surface area contributed by atoms with Gasteiger partial charge in [0.1, 0.15) is 54.9 Å². The van der Waals surface area contributed by atoms with E-state index in [0.717, 1.165) is 57.8 Å². The zero-order valence-electron chi connectivity index (χ0n) is 52.7. The van der Waals surface area contributed by atoms with Crippen LogP contribution in [0.3, 0.4) is 0 Å². The van der Waals surface area contributed by atoms with Gasteiger partial charge in [0, 0.05) is 13.0 Å². The maximum atomic E-state index is 13.1. The van der Waals surface area contributed by atoms with Gasteiger partial charge in [0.25, 0.3) is 0 Å². The molecule has 83 heavy (non-hydrogen) atoms. The normalized spacial score (nSPS) is 23.7. The molecule has 7 N–H and O–H groups in total. The summed E-state index contributed by atoms with van der Waals surface area (Å²) in [6.45, 7) is 3.71. The summed E-state index contributed by atoms with van der Waals surface area (Å²) in [5, 5.41) is 72.6. The first kappa shape index (κ1) is 77.0. The lowest BCUT2D eigenvalue weighted by Gasteiger charge is -2.42. The smallest absolute Gasteiger partial charge is 0.306 e. The molecular weight excluding hydrogens is 1050 g/mol. The Labute approximate surface area is 505 Å². The van der Waals surface area contributed by atoms with E-state index in [-0.39, 0.29) is 25.6 Å².